The van der Waals surface area contributed by atoms with Gasteiger partial charge in [0.1, 0.15) is 17.2 Å². The Morgan fingerprint density at radius 2 is 1.72 bits per heavy atom. The van der Waals surface area contributed by atoms with Crippen LogP contribution in [0.25, 0.3) is 17.1 Å². The van der Waals surface area contributed by atoms with Gasteiger partial charge in [-0.3, -0.25) is 18.7 Å². The molecule has 0 amide bonds. The lowest BCUT2D eigenvalue weighted by Crippen LogP contribution is -2.21. The van der Waals surface area contributed by atoms with Crippen LogP contribution in [0.15, 0.2) is 65.2 Å². The molecule has 0 bridgehead atoms. The molecule has 1 atom stereocenters. The molecule has 2 aliphatic heterocycles. The van der Waals surface area contributed by atoms with Gasteiger partial charge in [-0.05, 0) is 42.0 Å². The summed E-state index contributed by atoms with van der Waals surface area (Å²) in [7, 11) is 5.00. The summed E-state index contributed by atoms with van der Waals surface area (Å²) in [6, 6.07) is 16.3. The summed E-state index contributed by atoms with van der Waals surface area (Å²) in [5.74, 6) is 0.502. The van der Waals surface area contributed by atoms with Crippen LogP contribution in [-0.4, -0.2) is 28.0 Å². The van der Waals surface area contributed by atoms with Crippen molar-refractivity contribution in [3.8, 4) is 17.2 Å². The fourth-order valence-corrected chi connectivity index (χ4v) is 5.06. The maximum atomic E-state index is 13.3. The van der Waals surface area contributed by atoms with Gasteiger partial charge in [0.15, 0.2) is 5.76 Å². The number of carbonyl (C=O) groups excluding carboxylic acids is 2. The van der Waals surface area contributed by atoms with Crippen molar-refractivity contribution in [1.82, 2.24) is 9.13 Å². The molecule has 2 aliphatic rings. The predicted molar refractivity (Wildman–Crippen MR) is 133 cm³/mol. The molecule has 0 radical (unpaired) electrons. The number of benzene rings is 3. The van der Waals surface area contributed by atoms with Gasteiger partial charge in [-0.25, -0.2) is 4.79 Å². The molecular formula is C28H22N2O6. The van der Waals surface area contributed by atoms with E-state index >= 15 is 0 Å². The highest BCUT2D eigenvalue weighted by Crippen LogP contribution is 2.49. The number of allylic oxidation sites excluding steroid dienone is 1. The Morgan fingerprint density at radius 1 is 0.944 bits per heavy atom. The van der Waals surface area contributed by atoms with E-state index in [1.807, 2.05) is 42.5 Å². The lowest BCUT2D eigenvalue weighted by atomic mass is 9.84. The third-order valence-electron chi connectivity index (χ3n) is 6.90. The Kier molecular flexibility index (Phi) is 4.86. The molecule has 0 spiro atoms. The molecule has 0 saturated carbocycles. The second-order valence-electron chi connectivity index (χ2n) is 8.92. The summed E-state index contributed by atoms with van der Waals surface area (Å²) in [6.07, 6.45) is 1.74. The van der Waals surface area contributed by atoms with E-state index in [9.17, 15) is 14.4 Å². The quantitative estimate of drug-likeness (QED) is 0.250. The number of imidazole rings is 1. The second-order valence-corrected chi connectivity index (χ2v) is 8.92. The maximum Gasteiger partial charge on any atom is 0.328 e. The molecule has 8 heteroatoms. The van der Waals surface area contributed by atoms with E-state index in [4.69, 9.17) is 14.2 Å². The molecule has 0 unspecified atom stereocenters. The third-order valence-corrected chi connectivity index (χ3v) is 6.90. The number of esters is 1. The van der Waals surface area contributed by atoms with E-state index in [0.717, 1.165) is 16.6 Å². The minimum Gasteiger partial charge on any atom is -0.496 e. The Hall–Kier alpha value is -4.59. The van der Waals surface area contributed by atoms with Crippen LogP contribution in [0.2, 0.25) is 0 Å². The minimum atomic E-state index is -0.408. The topological polar surface area (TPSA) is 88.8 Å². The third kappa shape index (κ3) is 3.18. The van der Waals surface area contributed by atoms with Gasteiger partial charge in [-0.1, -0.05) is 24.3 Å². The van der Waals surface area contributed by atoms with Crippen molar-refractivity contribution in [1.29, 1.82) is 0 Å². The van der Waals surface area contributed by atoms with E-state index in [1.165, 1.54) is 0 Å². The highest BCUT2D eigenvalue weighted by molar-refractivity contribution is 6.15. The van der Waals surface area contributed by atoms with E-state index in [2.05, 4.69) is 0 Å². The van der Waals surface area contributed by atoms with E-state index in [1.54, 1.807) is 48.5 Å². The van der Waals surface area contributed by atoms with E-state index in [0.29, 0.717) is 33.9 Å². The number of aryl methyl sites for hydroxylation is 2. The molecule has 8 nitrogen and oxygen atoms in total. The van der Waals surface area contributed by atoms with Crippen LogP contribution in [0.1, 0.15) is 39.4 Å². The molecule has 180 valence electrons. The van der Waals surface area contributed by atoms with Gasteiger partial charge in [-0.2, -0.15) is 0 Å². The summed E-state index contributed by atoms with van der Waals surface area (Å²) in [6.45, 7) is 0. The molecule has 3 aromatic carbocycles. The maximum absolute atomic E-state index is 13.3. The predicted octanol–water partition coefficient (Wildman–Crippen LogP) is 3.94. The zero-order valence-corrected chi connectivity index (χ0v) is 19.9. The zero-order valence-electron chi connectivity index (χ0n) is 19.9. The standard InChI is InChI=1S/C28H22N2O6/c1-29-19-10-8-15(12-20(19)30(2)28(29)33)18-14-24(31)35-22-11-9-17-26(32)23(36-27(17)25(18)22)13-16-6-4-5-7-21(16)34-3/h4-13,18H,14H2,1-3H3/b23-13-/t18-/m0/s1. The number of ether oxygens (including phenoxy) is 3. The van der Waals surface area contributed by atoms with Crippen LogP contribution in [0.3, 0.4) is 0 Å². The van der Waals surface area contributed by atoms with Gasteiger partial charge < -0.3 is 14.2 Å². The number of fused-ring (bicyclic) bond motifs is 4. The summed E-state index contributed by atoms with van der Waals surface area (Å²) < 4.78 is 20.2. The first-order valence-corrected chi connectivity index (χ1v) is 11.5. The van der Waals surface area contributed by atoms with Crippen molar-refractivity contribution < 1.29 is 23.8 Å². The normalized spacial score (nSPS) is 17.6. The molecule has 36 heavy (non-hydrogen) atoms. The lowest BCUT2D eigenvalue weighted by molar-refractivity contribution is -0.135. The number of aromatic nitrogens is 2. The molecule has 4 aromatic rings. The Labute approximate surface area is 205 Å². The monoisotopic (exact) mass is 482 g/mol. The van der Waals surface area contributed by atoms with Gasteiger partial charge in [0.2, 0.25) is 5.78 Å². The molecule has 0 fully saturated rings. The van der Waals surface area contributed by atoms with Gasteiger partial charge >= 0.3 is 11.7 Å². The number of hydrogen-bond acceptors (Lipinski definition) is 6. The van der Waals surface area contributed by atoms with Crippen molar-refractivity contribution in [3.05, 3.63) is 93.1 Å². The number of methoxy groups -OCH3 is 1. The Bertz CT molecular complexity index is 1690. The van der Waals surface area contributed by atoms with Crippen LogP contribution in [-0.2, 0) is 18.9 Å². The van der Waals surface area contributed by atoms with Crippen molar-refractivity contribution in [2.45, 2.75) is 12.3 Å². The molecule has 0 saturated heterocycles. The lowest BCUT2D eigenvalue weighted by Gasteiger charge is -2.26. The number of carbonyl (C=O) groups is 2. The molecule has 6 rings (SSSR count). The van der Waals surface area contributed by atoms with Gasteiger partial charge in [0, 0.05) is 31.1 Å². The summed E-state index contributed by atoms with van der Waals surface area (Å²) >= 11 is 0. The SMILES string of the molecule is COc1ccccc1/C=C1\Oc2c(ccc3c2[C@H](c2ccc4c(c2)n(C)c(=O)n4C)CC(=O)O3)C1=O. The number of rotatable bonds is 3. The highest BCUT2D eigenvalue weighted by atomic mass is 16.5. The average molecular weight is 482 g/mol. The minimum absolute atomic E-state index is 0.0822. The van der Waals surface area contributed by atoms with Gasteiger partial charge in [0.05, 0.1) is 30.1 Å². The van der Waals surface area contributed by atoms with Crippen LogP contribution in [0, 0.1) is 0 Å². The number of nitrogens with zero attached hydrogens (tertiary/aromatic N) is 2. The molecule has 1 aromatic heterocycles. The fraction of sp³-hybridized carbons (Fsp3) is 0.179. The Balaban J connectivity index is 1.49. The summed E-state index contributed by atoms with van der Waals surface area (Å²) in [5, 5.41) is 0. The molecule has 0 N–H and O–H groups in total. The first-order chi connectivity index (χ1) is 17.4. The van der Waals surface area contributed by atoms with Crippen LogP contribution in [0.4, 0.5) is 0 Å². The fourth-order valence-electron chi connectivity index (χ4n) is 5.06. The van der Waals surface area contributed by atoms with Crippen LogP contribution < -0.4 is 19.9 Å². The van der Waals surface area contributed by atoms with Crippen molar-refractivity contribution >= 4 is 28.9 Å². The zero-order chi connectivity index (χ0) is 25.1. The van der Waals surface area contributed by atoms with E-state index in [-0.39, 0.29) is 29.6 Å². The smallest absolute Gasteiger partial charge is 0.328 e. The summed E-state index contributed by atoms with van der Waals surface area (Å²) in [5.41, 5.74) is 4.00. The first kappa shape index (κ1) is 21.9. The Morgan fingerprint density at radius 3 is 2.53 bits per heavy atom. The number of Topliss-reactive ketones (excluding diaryl/α,β-unsaturated/α-hetero) is 1. The summed E-state index contributed by atoms with van der Waals surface area (Å²) in [4.78, 5) is 38.2. The highest BCUT2D eigenvalue weighted by Gasteiger charge is 2.38. The number of para-hydroxylation sites is 1. The van der Waals surface area contributed by atoms with Crippen molar-refractivity contribution in [2.24, 2.45) is 14.1 Å². The molecular weight excluding hydrogens is 460 g/mol. The van der Waals surface area contributed by atoms with Gasteiger partial charge in [-0.15, -0.1) is 0 Å². The van der Waals surface area contributed by atoms with Crippen LogP contribution >= 0.6 is 0 Å². The number of hydrogen-bond donors (Lipinski definition) is 0. The van der Waals surface area contributed by atoms with E-state index < -0.39 is 5.92 Å². The first-order valence-electron chi connectivity index (χ1n) is 11.5. The average Bonchev–Trinajstić information content (AvgIpc) is 3.31. The van der Waals surface area contributed by atoms with Crippen LogP contribution in [0.5, 0.6) is 17.2 Å². The number of ketones is 1. The molecule has 0 aliphatic carbocycles. The van der Waals surface area contributed by atoms with Gasteiger partial charge in [0.25, 0.3) is 0 Å². The van der Waals surface area contributed by atoms with Crippen molar-refractivity contribution in [2.75, 3.05) is 7.11 Å². The largest absolute Gasteiger partial charge is 0.496 e. The molecule has 3 heterocycles. The second kappa shape index (κ2) is 7.98. The van der Waals surface area contributed by atoms with Crippen molar-refractivity contribution in [3.63, 3.8) is 0 Å².